The largest absolute Gasteiger partial charge is 0.379 e. The lowest BCUT2D eigenvalue weighted by atomic mass is 10.2. The summed E-state index contributed by atoms with van der Waals surface area (Å²) in [6.45, 7) is 4.24. The molecule has 0 bridgehead atoms. The first-order valence-corrected chi connectivity index (χ1v) is 8.07. The second kappa shape index (κ2) is 7.44. The molecule has 2 N–H and O–H groups in total. The van der Waals surface area contributed by atoms with Crippen molar-refractivity contribution in [1.82, 2.24) is 19.0 Å². The van der Waals surface area contributed by atoms with Crippen LogP contribution in [0, 0.1) is 0 Å². The lowest BCUT2D eigenvalue weighted by Crippen LogP contribution is -2.43. The molecule has 1 saturated heterocycles. The molecule has 23 heavy (non-hydrogen) atoms. The number of carbonyl (C=O) groups is 2. The maximum atomic E-state index is 12.0. The van der Waals surface area contributed by atoms with Crippen molar-refractivity contribution >= 4 is 40.3 Å². The van der Waals surface area contributed by atoms with Crippen LogP contribution in [0.4, 0.5) is 5.69 Å². The number of hydrogen-bond acceptors (Lipinski definition) is 7. The van der Waals surface area contributed by atoms with E-state index in [9.17, 15) is 9.59 Å². The molecule has 0 unspecified atom stereocenters. The van der Waals surface area contributed by atoms with E-state index in [-0.39, 0.29) is 0 Å². The van der Waals surface area contributed by atoms with Crippen molar-refractivity contribution in [3.63, 3.8) is 0 Å². The zero-order chi connectivity index (χ0) is 16.1. The molecule has 1 aliphatic rings. The Balaban J connectivity index is 1.49. The van der Waals surface area contributed by atoms with Gasteiger partial charge in [-0.15, -0.1) is 0 Å². The summed E-state index contributed by atoms with van der Waals surface area (Å²) >= 11 is 1.06. The van der Waals surface area contributed by atoms with Gasteiger partial charge in [0, 0.05) is 26.2 Å². The van der Waals surface area contributed by atoms with E-state index in [0.29, 0.717) is 43.0 Å². The minimum atomic E-state index is -0.701. The predicted octanol–water partition coefficient (Wildman–Crippen LogP) is 0.0782. The van der Waals surface area contributed by atoms with E-state index in [4.69, 9.17) is 4.74 Å². The van der Waals surface area contributed by atoms with Gasteiger partial charge in [0.2, 0.25) is 0 Å². The van der Waals surface area contributed by atoms with Crippen LogP contribution in [-0.4, -0.2) is 64.9 Å². The maximum absolute atomic E-state index is 12.0. The van der Waals surface area contributed by atoms with Crippen LogP contribution in [0.3, 0.4) is 0 Å². The molecule has 0 radical (unpaired) electrons. The summed E-state index contributed by atoms with van der Waals surface area (Å²) in [4.78, 5) is 26.0. The van der Waals surface area contributed by atoms with Crippen LogP contribution in [0.15, 0.2) is 18.2 Å². The molecule has 2 aromatic rings. The summed E-state index contributed by atoms with van der Waals surface area (Å²) in [5.41, 5.74) is 1.78. The number of aromatic nitrogens is 2. The molecule has 2 heterocycles. The van der Waals surface area contributed by atoms with E-state index in [1.807, 2.05) is 0 Å². The van der Waals surface area contributed by atoms with Crippen molar-refractivity contribution in [3.05, 3.63) is 18.2 Å². The van der Waals surface area contributed by atoms with E-state index in [1.54, 1.807) is 18.2 Å². The highest BCUT2D eigenvalue weighted by Gasteiger charge is 2.16. The number of carbonyl (C=O) groups excluding carboxylic acids is 2. The number of amides is 2. The van der Waals surface area contributed by atoms with E-state index in [2.05, 4.69) is 24.3 Å². The molecule has 1 aromatic heterocycles. The molecule has 0 aliphatic carbocycles. The zero-order valence-electron chi connectivity index (χ0n) is 12.4. The van der Waals surface area contributed by atoms with Gasteiger partial charge < -0.3 is 15.4 Å². The second-order valence-corrected chi connectivity index (χ2v) is 5.63. The first kappa shape index (κ1) is 15.8. The van der Waals surface area contributed by atoms with Crippen molar-refractivity contribution in [3.8, 4) is 0 Å². The molecule has 1 aromatic carbocycles. The predicted molar refractivity (Wildman–Crippen MR) is 86.3 cm³/mol. The topological polar surface area (TPSA) is 96.5 Å². The Kier molecular flexibility index (Phi) is 5.11. The van der Waals surface area contributed by atoms with E-state index >= 15 is 0 Å². The molecule has 1 aliphatic heterocycles. The first-order chi connectivity index (χ1) is 11.2. The number of rotatable bonds is 4. The van der Waals surface area contributed by atoms with Crippen molar-refractivity contribution in [1.29, 1.82) is 0 Å². The molecular weight excluding hydrogens is 318 g/mol. The van der Waals surface area contributed by atoms with E-state index < -0.39 is 11.8 Å². The number of morpholine rings is 1. The molecule has 2 amide bonds. The Morgan fingerprint density at radius 2 is 2.04 bits per heavy atom. The molecule has 0 atom stereocenters. The van der Waals surface area contributed by atoms with Crippen molar-refractivity contribution in [2.75, 3.05) is 44.7 Å². The van der Waals surface area contributed by atoms with Crippen LogP contribution in [0.2, 0.25) is 0 Å². The molecule has 1 fully saturated rings. The molecular formula is C14H17N5O3S. The highest BCUT2D eigenvalue weighted by Crippen LogP contribution is 2.20. The van der Waals surface area contributed by atoms with Crippen LogP contribution in [0.25, 0.3) is 11.0 Å². The Morgan fingerprint density at radius 3 is 2.87 bits per heavy atom. The molecule has 0 saturated carbocycles. The van der Waals surface area contributed by atoms with E-state index in [0.717, 1.165) is 24.8 Å². The number of benzene rings is 1. The number of anilines is 1. The van der Waals surface area contributed by atoms with Crippen molar-refractivity contribution in [2.24, 2.45) is 0 Å². The lowest BCUT2D eigenvalue weighted by molar-refractivity contribution is -0.136. The van der Waals surface area contributed by atoms with Crippen LogP contribution < -0.4 is 10.6 Å². The average molecular weight is 335 g/mol. The number of hydrogen-bond donors (Lipinski definition) is 2. The molecule has 3 rings (SSSR count). The summed E-state index contributed by atoms with van der Waals surface area (Å²) in [5.74, 6) is -1.36. The SMILES string of the molecule is O=C(NCCN1CCOCC1)C(=O)Nc1cccc2nsnc12. The summed E-state index contributed by atoms with van der Waals surface area (Å²) in [6.07, 6.45) is 0. The number of ether oxygens (including phenoxy) is 1. The quantitative estimate of drug-likeness (QED) is 0.768. The van der Waals surface area contributed by atoms with Crippen molar-refractivity contribution < 1.29 is 14.3 Å². The Hall–Kier alpha value is -2.10. The second-order valence-electron chi connectivity index (χ2n) is 5.10. The normalized spacial score (nSPS) is 15.5. The fourth-order valence-corrected chi connectivity index (χ4v) is 2.87. The monoisotopic (exact) mass is 335 g/mol. The highest BCUT2D eigenvalue weighted by atomic mass is 32.1. The smallest absolute Gasteiger partial charge is 0.313 e. The fourth-order valence-electron chi connectivity index (χ4n) is 2.32. The van der Waals surface area contributed by atoms with Crippen LogP contribution in [0.1, 0.15) is 0 Å². The van der Waals surface area contributed by atoms with Gasteiger partial charge in [0.1, 0.15) is 11.0 Å². The van der Waals surface area contributed by atoms with Crippen LogP contribution in [0.5, 0.6) is 0 Å². The van der Waals surface area contributed by atoms with Gasteiger partial charge in [-0.25, -0.2) is 0 Å². The van der Waals surface area contributed by atoms with Gasteiger partial charge in [0.05, 0.1) is 30.6 Å². The average Bonchev–Trinajstić information content (AvgIpc) is 3.05. The standard InChI is InChI=1S/C14H17N5O3S/c20-13(15-4-5-19-6-8-22-9-7-19)14(21)16-10-2-1-3-11-12(10)18-23-17-11/h1-3H,4-9H2,(H,15,20)(H,16,21). The van der Waals surface area contributed by atoms with Crippen LogP contribution >= 0.6 is 11.7 Å². The summed E-state index contributed by atoms with van der Waals surface area (Å²) in [7, 11) is 0. The van der Waals surface area contributed by atoms with E-state index in [1.165, 1.54) is 0 Å². The Bertz CT molecular complexity index is 699. The van der Waals surface area contributed by atoms with Gasteiger partial charge in [-0.3, -0.25) is 14.5 Å². The number of fused-ring (bicyclic) bond motifs is 1. The third-order valence-corrected chi connectivity index (χ3v) is 4.10. The summed E-state index contributed by atoms with van der Waals surface area (Å²) in [6, 6.07) is 5.26. The van der Waals surface area contributed by atoms with Gasteiger partial charge in [-0.05, 0) is 12.1 Å². The molecule has 122 valence electrons. The number of nitrogens with one attached hydrogen (secondary N) is 2. The van der Waals surface area contributed by atoms with Crippen molar-refractivity contribution in [2.45, 2.75) is 0 Å². The maximum Gasteiger partial charge on any atom is 0.313 e. The third-order valence-electron chi connectivity index (χ3n) is 3.56. The van der Waals surface area contributed by atoms with Gasteiger partial charge >= 0.3 is 11.8 Å². The summed E-state index contributed by atoms with van der Waals surface area (Å²) in [5, 5.41) is 5.20. The molecule has 9 heteroatoms. The minimum Gasteiger partial charge on any atom is -0.379 e. The summed E-state index contributed by atoms with van der Waals surface area (Å²) < 4.78 is 13.5. The first-order valence-electron chi connectivity index (χ1n) is 7.34. The van der Waals surface area contributed by atoms with Gasteiger partial charge in [-0.1, -0.05) is 6.07 Å². The lowest BCUT2D eigenvalue weighted by Gasteiger charge is -2.26. The Labute approximate surface area is 137 Å². The highest BCUT2D eigenvalue weighted by molar-refractivity contribution is 7.00. The Morgan fingerprint density at radius 1 is 1.22 bits per heavy atom. The van der Waals surface area contributed by atoms with Crippen LogP contribution in [-0.2, 0) is 14.3 Å². The fraction of sp³-hybridized carbons (Fsp3) is 0.429. The molecule has 0 spiro atoms. The third kappa shape index (κ3) is 4.01. The molecule has 8 nitrogen and oxygen atoms in total. The van der Waals surface area contributed by atoms with Gasteiger partial charge in [-0.2, -0.15) is 8.75 Å². The van der Waals surface area contributed by atoms with Gasteiger partial charge in [0.15, 0.2) is 0 Å². The zero-order valence-corrected chi connectivity index (χ0v) is 13.3. The number of nitrogens with zero attached hydrogens (tertiary/aromatic N) is 3. The van der Waals surface area contributed by atoms with Gasteiger partial charge in [0.25, 0.3) is 0 Å². The minimum absolute atomic E-state index is 0.425.